The summed E-state index contributed by atoms with van der Waals surface area (Å²) < 4.78 is 0. The van der Waals surface area contributed by atoms with Crippen molar-refractivity contribution in [2.75, 3.05) is 45.8 Å². The number of hydrogen-bond donors (Lipinski definition) is 2. The van der Waals surface area contributed by atoms with E-state index in [9.17, 15) is 9.90 Å². The van der Waals surface area contributed by atoms with Crippen molar-refractivity contribution in [2.45, 2.75) is 38.6 Å². The third-order valence-electron chi connectivity index (χ3n) is 7.62. The SMILES string of the molecule is CCCN(CCN1CCN(C(=O)c2ccc3[nH]ccc3c2)CC1)[C@H]1CCc2c(O)cccc2C1. The van der Waals surface area contributed by atoms with Crippen LogP contribution >= 0.6 is 0 Å². The van der Waals surface area contributed by atoms with Gasteiger partial charge in [-0.25, -0.2) is 0 Å². The van der Waals surface area contributed by atoms with Gasteiger partial charge in [-0.2, -0.15) is 0 Å². The van der Waals surface area contributed by atoms with Crippen LogP contribution in [0.25, 0.3) is 10.9 Å². The maximum Gasteiger partial charge on any atom is 0.253 e. The number of hydrogen-bond acceptors (Lipinski definition) is 4. The first-order valence-corrected chi connectivity index (χ1v) is 12.7. The summed E-state index contributed by atoms with van der Waals surface area (Å²) in [5.41, 5.74) is 4.29. The van der Waals surface area contributed by atoms with E-state index < -0.39 is 0 Å². The molecule has 1 aromatic heterocycles. The van der Waals surface area contributed by atoms with Crippen LogP contribution in [0.15, 0.2) is 48.7 Å². The normalized spacial score (nSPS) is 19.0. The molecule has 1 amide bonds. The van der Waals surface area contributed by atoms with Gasteiger partial charge in [0.15, 0.2) is 0 Å². The summed E-state index contributed by atoms with van der Waals surface area (Å²) in [5, 5.41) is 11.3. The van der Waals surface area contributed by atoms with Crippen molar-refractivity contribution < 1.29 is 9.90 Å². The van der Waals surface area contributed by atoms with Gasteiger partial charge in [0.2, 0.25) is 0 Å². The fourth-order valence-electron chi connectivity index (χ4n) is 5.66. The Labute approximate surface area is 202 Å². The number of benzene rings is 2. The Morgan fingerprint density at radius 1 is 1.12 bits per heavy atom. The van der Waals surface area contributed by atoms with Crippen LogP contribution in [-0.4, -0.2) is 82.6 Å². The van der Waals surface area contributed by atoms with E-state index in [0.29, 0.717) is 11.8 Å². The minimum Gasteiger partial charge on any atom is -0.508 e. The van der Waals surface area contributed by atoms with Gasteiger partial charge in [-0.15, -0.1) is 0 Å². The summed E-state index contributed by atoms with van der Waals surface area (Å²) in [7, 11) is 0. The second-order valence-electron chi connectivity index (χ2n) is 9.76. The topological polar surface area (TPSA) is 62.8 Å². The monoisotopic (exact) mass is 460 g/mol. The molecule has 2 heterocycles. The van der Waals surface area contributed by atoms with E-state index >= 15 is 0 Å². The molecule has 1 aliphatic carbocycles. The summed E-state index contributed by atoms with van der Waals surface area (Å²) in [6, 6.07) is 14.4. The molecule has 2 aliphatic rings. The number of carbonyl (C=O) groups is 1. The third-order valence-corrected chi connectivity index (χ3v) is 7.62. The first-order chi connectivity index (χ1) is 16.6. The van der Waals surface area contributed by atoms with Crippen LogP contribution in [0.3, 0.4) is 0 Å². The molecule has 6 heteroatoms. The summed E-state index contributed by atoms with van der Waals surface area (Å²) >= 11 is 0. The number of nitrogens with zero attached hydrogens (tertiary/aromatic N) is 3. The lowest BCUT2D eigenvalue weighted by Gasteiger charge is -2.39. The molecule has 1 atom stereocenters. The van der Waals surface area contributed by atoms with Gasteiger partial charge in [-0.05, 0) is 73.7 Å². The number of amides is 1. The lowest BCUT2D eigenvalue weighted by molar-refractivity contribution is 0.0609. The average Bonchev–Trinajstić information content (AvgIpc) is 3.34. The van der Waals surface area contributed by atoms with Crippen molar-refractivity contribution in [3.05, 3.63) is 65.4 Å². The Morgan fingerprint density at radius 2 is 1.97 bits per heavy atom. The second kappa shape index (κ2) is 10.2. The number of aromatic hydroxyl groups is 1. The van der Waals surface area contributed by atoms with Crippen molar-refractivity contribution in [2.24, 2.45) is 0 Å². The highest BCUT2D eigenvalue weighted by molar-refractivity contribution is 5.98. The number of aromatic amines is 1. The van der Waals surface area contributed by atoms with Crippen LogP contribution in [0, 0.1) is 0 Å². The number of fused-ring (bicyclic) bond motifs is 2. The predicted molar refractivity (Wildman–Crippen MR) is 136 cm³/mol. The number of nitrogens with one attached hydrogen (secondary N) is 1. The van der Waals surface area contributed by atoms with Crippen LogP contribution in [0.1, 0.15) is 41.3 Å². The molecule has 1 aliphatic heterocycles. The molecule has 180 valence electrons. The minimum absolute atomic E-state index is 0.138. The van der Waals surface area contributed by atoms with E-state index in [1.54, 1.807) is 0 Å². The van der Waals surface area contributed by atoms with E-state index in [2.05, 4.69) is 27.8 Å². The van der Waals surface area contributed by atoms with Crippen LogP contribution in [0.5, 0.6) is 5.75 Å². The average molecular weight is 461 g/mol. The maximum absolute atomic E-state index is 13.0. The molecule has 0 saturated carbocycles. The molecule has 5 rings (SSSR count). The first kappa shape index (κ1) is 22.9. The molecule has 1 fully saturated rings. The number of carbonyl (C=O) groups excluding carboxylic acids is 1. The fourth-order valence-corrected chi connectivity index (χ4v) is 5.66. The molecule has 34 heavy (non-hydrogen) atoms. The quantitative estimate of drug-likeness (QED) is 0.561. The number of rotatable bonds is 7. The van der Waals surface area contributed by atoms with E-state index in [1.807, 2.05) is 47.5 Å². The highest BCUT2D eigenvalue weighted by atomic mass is 16.3. The Bertz CT molecular complexity index is 1130. The van der Waals surface area contributed by atoms with Gasteiger partial charge >= 0.3 is 0 Å². The number of H-pyrrole nitrogens is 1. The molecule has 0 spiro atoms. The van der Waals surface area contributed by atoms with Gasteiger partial charge in [0.25, 0.3) is 5.91 Å². The van der Waals surface area contributed by atoms with Crippen molar-refractivity contribution in [3.63, 3.8) is 0 Å². The van der Waals surface area contributed by atoms with Crippen molar-refractivity contribution in [1.29, 1.82) is 0 Å². The molecule has 3 aromatic rings. The first-order valence-electron chi connectivity index (χ1n) is 12.7. The predicted octanol–water partition coefficient (Wildman–Crippen LogP) is 3.90. The molecule has 2 aromatic carbocycles. The maximum atomic E-state index is 13.0. The molecule has 0 bridgehead atoms. The molecule has 2 N–H and O–H groups in total. The molecule has 0 radical (unpaired) electrons. The molecule has 1 saturated heterocycles. The number of phenols is 1. The smallest absolute Gasteiger partial charge is 0.253 e. The molecule has 6 nitrogen and oxygen atoms in total. The zero-order chi connectivity index (χ0) is 23.5. The number of piperazine rings is 1. The summed E-state index contributed by atoms with van der Waals surface area (Å²) in [5.74, 6) is 0.595. The summed E-state index contributed by atoms with van der Waals surface area (Å²) in [4.78, 5) is 23.4. The van der Waals surface area contributed by atoms with Gasteiger partial charge in [0, 0.05) is 68.0 Å². The van der Waals surface area contributed by atoms with E-state index in [1.165, 1.54) is 5.56 Å². The van der Waals surface area contributed by atoms with Crippen molar-refractivity contribution in [3.8, 4) is 5.75 Å². The minimum atomic E-state index is 0.138. The zero-order valence-electron chi connectivity index (χ0n) is 20.2. The summed E-state index contributed by atoms with van der Waals surface area (Å²) in [6.07, 6.45) is 6.16. The van der Waals surface area contributed by atoms with Gasteiger partial charge < -0.3 is 15.0 Å². The largest absolute Gasteiger partial charge is 0.508 e. The van der Waals surface area contributed by atoms with Crippen LogP contribution < -0.4 is 0 Å². The Balaban J connectivity index is 1.13. The summed E-state index contributed by atoms with van der Waals surface area (Å²) in [6.45, 7) is 8.90. The fraction of sp³-hybridized carbons (Fsp3) is 0.464. The van der Waals surface area contributed by atoms with Crippen LogP contribution in [0.2, 0.25) is 0 Å². The molecular weight excluding hydrogens is 424 g/mol. The Morgan fingerprint density at radius 3 is 2.79 bits per heavy atom. The lowest BCUT2D eigenvalue weighted by Crippen LogP contribution is -2.51. The highest BCUT2D eigenvalue weighted by Gasteiger charge is 2.27. The number of phenolic OH excluding ortho intramolecular Hbond substituents is 1. The van der Waals surface area contributed by atoms with E-state index in [-0.39, 0.29) is 5.91 Å². The molecular formula is C28H36N4O2. The second-order valence-corrected chi connectivity index (χ2v) is 9.76. The third kappa shape index (κ3) is 4.84. The van der Waals surface area contributed by atoms with Gasteiger partial charge in [-0.3, -0.25) is 14.6 Å². The highest BCUT2D eigenvalue weighted by Crippen LogP contribution is 2.30. The van der Waals surface area contributed by atoms with Crippen molar-refractivity contribution >= 4 is 16.8 Å². The Hall–Kier alpha value is -2.83. The number of aromatic nitrogens is 1. The van der Waals surface area contributed by atoms with Crippen LogP contribution in [0.4, 0.5) is 0 Å². The lowest BCUT2D eigenvalue weighted by atomic mass is 9.87. The van der Waals surface area contributed by atoms with E-state index in [4.69, 9.17) is 0 Å². The molecule has 0 unspecified atom stereocenters. The van der Waals surface area contributed by atoms with Crippen LogP contribution in [-0.2, 0) is 12.8 Å². The van der Waals surface area contributed by atoms with Crippen molar-refractivity contribution in [1.82, 2.24) is 19.7 Å². The Kier molecular flexibility index (Phi) is 6.88. The zero-order valence-corrected chi connectivity index (χ0v) is 20.2. The standard InChI is InChI=1S/C28H36N4O2/c1-2-12-31(24-7-8-25-21(20-24)4-3-5-27(25)33)16-13-30-14-17-32(18-15-30)28(34)23-6-9-26-22(19-23)10-11-29-26/h3-6,9-11,19,24,29,33H,2,7-8,12-18,20H2,1H3/t24-/m0/s1. The van der Waals surface area contributed by atoms with Gasteiger partial charge in [0.05, 0.1) is 0 Å². The van der Waals surface area contributed by atoms with E-state index in [0.717, 1.165) is 93.5 Å². The van der Waals surface area contributed by atoms with Gasteiger partial charge in [0.1, 0.15) is 5.75 Å². The van der Waals surface area contributed by atoms with Gasteiger partial charge in [-0.1, -0.05) is 19.1 Å².